The summed E-state index contributed by atoms with van der Waals surface area (Å²) in [6.07, 6.45) is 0. The Morgan fingerprint density at radius 1 is 1.00 bits per heavy atom. The van der Waals surface area contributed by atoms with Crippen molar-refractivity contribution in [3.63, 3.8) is 0 Å². The Morgan fingerprint density at radius 3 is 2.06 bits per heavy atom. The highest BCUT2D eigenvalue weighted by Crippen LogP contribution is 2.12. The Balaban J connectivity index is 0.00000256. The molecular weight excluding hydrogens is 277 g/mol. The van der Waals surface area contributed by atoms with Crippen LogP contribution in [0.15, 0.2) is 18.2 Å². The predicted molar refractivity (Wildman–Crippen MR) is 79.9 cm³/mol. The fourth-order valence-corrected chi connectivity index (χ4v) is 2.15. The van der Waals surface area contributed by atoms with E-state index in [4.69, 9.17) is 23.2 Å². The van der Waals surface area contributed by atoms with Gasteiger partial charge in [-0.1, -0.05) is 18.2 Å². The summed E-state index contributed by atoms with van der Waals surface area (Å²) in [5, 5.41) is 0. The molecule has 0 radical (unpaired) electrons. The highest BCUT2D eigenvalue weighted by molar-refractivity contribution is 6.18. The lowest BCUT2D eigenvalue weighted by molar-refractivity contribution is 0.299. The van der Waals surface area contributed by atoms with Gasteiger partial charge in [0.05, 0.1) is 0 Å². The van der Waals surface area contributed by atoms with Crippen molar-refractivity contribution in [2.75, 3.05) is 24.8 Å². The fourth-order valence-electron chi connectivity index (χ4n) is 1.67. The molecule has 98 valence electrons. The van der Waals surface area contributed by atoms with Crippen LogP contribution in [0.25, 0.3) is 0 Å². The molecule has 17 heavy (non-hydrogen) atoms. The third-order valence-corrected chi connectivity index (χ3v) is 3.12. The molecule has 1 nitrogen and oxygen atoms in total. The lowest BCUT2D eigenvalue weighted by Crippen LogP contribution is -2.27. The minimum absolute atomic E-state index is 0. The zero-order valence-corrected chi connectivity index (χ0v) is 12.7. The van der Waals surface area contributed by atoms with E-state index in [0.717, 1.165) is 19.6 Å². The second-order valence-corrected chi connectivity index (χ2v) is 4.83. The van der Waals surface area contributed by atoms with Crippen LogP contribution >= 0.6 is 35.6 Å². The Labute approximate surface area is 121 Å². The third kappa shape index (κ3) is 5.96. The first-order valence-electron chi connectivity index (χ1n) is 5.57. The molecule has 4 heteroatoms. The first-order valence-corrected chi connectivity index (χ1v) is 6.64. The van der Waals surface area contributed by atoms with Gasteiger partial charge >= 0.3 is 0 Å². The van der Waals surface area contributed by atoms with E-state index in [9.17, 15) is 0 Å². The second kappa shape index (κ2) is 9.04. The Hall–Kier alpha value is 0.0500. The number of aryl methyl sites for hydroxylation is 2. The summed E-state index contributed by atoms with van der Waals surface area (Å²) in [4.78, 5) is 2.28. The predicted octanol–water partition coefficient (Wildman–Crippen LogP) is 4.00. The van der Waals surface area contributed by atoms with Gasteiger partial charge in [-0.05, 0) is 30.5 Å². The fraction of sp³-hybridized carbons (Fsp3) is 0.538. The number of hydrogen-bond acceptors (Lipinski definition) is 1. The quantitative estimate of drug-likeness (QED) is 0.717. The van der Waals surface area contributed by atoms with E-state index in [2.05, 4.69) is 36.9 Å². The molecular formula is C13H20Cl3N. The monoisotopic (exact) mass is 295 g/mol. The maximum Gasteiger partial charge on any atom is 0.0351 e. The van der Waals surface area contributed by atoms with Crippen molar-refractivity contribution in [2.24, 2.45) is 0 Å². The largest absolute Gasteiger partial charge is 0.297 e. The molecule has 1 rings (SSSR count). The van der Waals surface area contributed by atoms with E-state index in [1.807, 2.05) is 0 Å². The molecule has 0 aliphatic rings. The van der Waals surface area contributed by atoms with Crippen LogP contribution in [0.3, 0.4) is 0 Å². The van der Waals surface area contributed by atoms with Crippen LogP contribution in [0.4, 0.5) is 0 Å². The molecule has 0 aromatic heterocycles. The first kappa shape index (κ1) is 17.1. The lowest BCUT2D eigenvalue weighted by atomic mass is 10.1. The first-order chi connectivity index (χ1) is 7.67. The summed E-state index contributed by atoms with van der Waals surface area (Å²) in [6.45, 7) is 6.99. The average Bonchev–Trinajstić information content (AvgIpc) is 2.24. The van der Waals surface area contributed by atoms with Gasteiger partial charge in [0.25, 0.3) is 0 Å². The van der Waals surface area contributed by atoms with Crippen LogP contribution in [0, 0.1) is 13.8 Å². The highest BCUT2D eigenvalue weighted by atomic mass is 35.5. The smallest absolute Gasteiger partial charge is 0.0351 e. The average molecular weight is 297 g/mol. The zero-order chi connectivity index (χ0) is 12.0. The van der Waals surface area contributed by atoms with Gasteiger partial charge in [-0.3, -0.25) is 4.90 Å². The lowest BCUT2D eigenvalue weighted by Gasteiger charge is -2.20. The van der Waals surface area contributed by atoms with Crippen LogP contribution in [-0.2, 0) is 6.54 Å². The summed E-state index contributed by atoms with van der Waals surface area (Å²) < 4.78 is 0. The number of benzene rings is 1. The van der Waals surface area contributed by atoms with Crippen LogP contribution in [0.2, 0.25) is 0 Å². The van der Waals surface area contributed by atoms with Crippen molar-refractivity contribution >= 4 is 35.6 Å². The molecule has 0 heterocycles. The van der Waals surface area contributed by atoms with Gasteiger partial charge < -0.3 is 0 Å². The Kier molecular flexibility index (Phi) is 9.07. The summed E-state index contributed by atoms with van der Waals surface area (Å²) >= 11 is 11.5. The van der Waals surface area contributed by atoms with E-state index < -0.39 is 0 Å². The minimum atomic E-state index is 0. The van der Waals surface area contributed by atoms with Crippen molar-refractivity contribution in [3.8, 4) is 0 Å². The maximum atomic E-state index is 5.77. The SMILES string of the molecule is Cc1ccc(CN(CCCl)CCCl)cc1C.Cl. The van der Waals surface area contributed by atoms with Crippen LogP contribution < -0.4 is 0 Å². The van der Waals surface area contributed by atoms with Crippen molar-refractivity contribution in [3.05, 3.63) is 34.9 Å². The maximum absolute atomic E-state index is 5.77. The zero-order valence-electron chi connectivity index (χ0n) is 10.4. The van der Waals surface area contributed by atoms with Gasteiger partial charge in [-0.2, -0.15) is 0 Å². The molecule has 1 aromatic carbocycles. The molecule has 0 spiro atoms. The molecule has 0 amide bonds. The number of hydrogen-bond donors (Lipinski definition) is 0. The molecule has 0 aliphatic carbocycles. The van der Waals surface area contributed by atoms with Gasteiger partial charge in [0.15, 0.2) is 0 Å². The van der Waals surface area contributed by atoms with Crippen LogP contribution in [0.1, 0.15) is 16.7 Å². The number of rotatable bonds is 6. The Morgan fingerprint density at radius 2 is 1.59 bits per heavy atom. The molecule has 1 aromatic rings. The van der Waals surface area contributed by atoms with E-state index in [1.165, 1.54) is 16.7 Å². The van der Waals surface area contributed by atoms with Gasteiger partial charge in [-0.15, -0.1) is 35.6 Å². The summed E-state index contributed by atoms with van der Waals surface area (Å²) in [5.41, 5.74) is 4.01. The molecule has 0 aliphatic heterocycles. The Bertz CT molecular complexity index is 322. The van der Waals surface area contributed by atoms with E-state index in [1.54, 1.807) is 0 Å². The molecule has 0 bridgehead atoms. The third-order valence-electron chi connectivity index (χ3n) is 2.78. The van der Waals surface area contributed by atoms with E-state index >= 15 is 0 Å². The molecule has 0 fully saturated rings. The standard InChI is InChI=1S/C13H19Cl2N.ClH/c1-11-3-4-13(9-12(11)2)10-16(7-5-14)8-6-15;/h3-4,9H,5-8,10H2,1-2H3;1H. The summed E-state index contributed by atoms with van der Waals surface area (Å²) in [5.74, 6) is 1.31. The van der Waals surface area contributed by atoms with Crippen molar-refractivity contribution < 1.29 is 0 Å². The molecule has 0 saturated heterocycles. The second-order valence-electron chi connectivity index (χ2n) is 4.07. The molecule has 0 unspecified atom stereocenters. The molecule has 0 N–H and O–H groups in total. The normalized spacial score (nSPS) is 10.4. The number of halogens is 3. The number of nitrogens with zero attached hydrogens (tertiary/aromatic N) is 1. The summed E-state index contributed by atoms with van der Waals surface area (Å²) in [6, 6.07) is 6.59. The van der Waals surface area contributed by atoms with Gasteiger partial charge in [0, 0.05) is 31.4 Å². The molecule has 0 atom stereocenters. The minimum Gasteiger partial charge on any atom is -0.297 e. The van der Waals surface area contributed by atoms with Crippen molar-refractivity contribution in [1.29, 1.82) is 0 Å². The van der Waals surface area contributed by atoms with Crippen LogP contribution in [-0.4, -0.2) is 29.7 Å². The van der Waals surface area contributed by atoms with Crippen molar-refractivity contribution in [2.45, 2.75) is 20.4 Å². The van der Waals surface area contributed by atoms with Crippen molar-refractivity contribution in [1.82, 2.24) is 4.90 Å². The highest BCUT2D eigenvalue weighted by Gasteiger charge is 2.05. The van der Waals surface area contributed by atoms with Gasteiger partial charge in [-0.25, -0.2) is 0 Å². The summed E-state index contributed by atoms with van der Waals surface area (Å²) in [7, 11) is 0. The van der Waals surface area contributed by atoms with E-state index in [0.29, 0.717) is 11.8 Å². The molecule has 0 saturated carbocycles. The van der Waals surface area contributed by atoms with E-state index in [-0.39, 0.29) is 12.4 Å². The topological polar surface area (TPSA) is 3.24 Å². The van der Waals surface area contributed by atoms with Gasteiger partial charge in [0.2, 0.25) is 0 Å². The van der Waals surface area contributed by atoms with Crippen LogP contribution in [0.5, 0.6) is 0 Å². The number of alkyl halides is 2. The van der Waals surface area contributed by atoms with Gasteiger partial charge in [0.1, 0.15) is 0 Å².